The van der Waals surface area contributed by atoms with E-state index in [1.807, 2.05) is 25.1 Å². The van der Waals surface area contributed by atoms with Gasteiger partial charge >= 0.3 is 0 Å². The molecule has 0 bridgehead atoms. The number of rotatable bonds is 4. The maximum atomic E-state index is 11.3. The maximum Gasteiger partial charge on any atom is 0.240 e. The van der Waals surface area contributed by atoms with Crippen LogP contribution in [0.3, 0.4) is 0 Å². The van der Waals surface area contributed by atoms with Gasteiger partial charge in [0.1, 0.15) is 4.90 Å². The Morgan fingerprint density at radius 1 is 1.25 bits per heavy atom. The van der Waals surface area contributed by atoms with E-state index in [0.717, 1.165) is 5.69 Å². The van der Waals surface area contributed by atoms with Gasteiger partial charge in [0.2, 0.25) is 10.0 Å². The molecule has 7 heteroatoms. The van der Waals surface area contributed by atoms with Gasteiger partial charge in [-0.2, -0.15) is 0 Å². The van der Waals surface area contributed by atoms with Gasteiger partial charge in [-0.05, 0) is 37.3 Å². The van der Waals surface area contributed by atoms with Crippen molar-refractivity contribution in [3.8, 4) is 0 Å². The molecule has 0 aliphatic carbocycles. The Morgan fingerprint density at radius 2 is 2.00 bits per heavy atom. The van der Waals surface area contributed by atoms with Crippen LogP contribution < -0.4 is 16.2 Å². The number of aromatic nitrogens is 1. The number of nitrogens with two attached hydrogens (primary N) is 2. The molecule has 0 aliphatic rings. The number of nitrogens with zero attached hydrogens (tertiary/aromatic N) is 1. The molecule has 0 spiro atoms. The fourth-order valence-corrected chi connectivity index (χ4v) is 2.50. The molecule has 5 N–H and O–H groups in total. The lowest BCUT2D eigenvalue weighted by Crippen LogP contribution is -2.15. The van der Waals surface area contributed by atoms with Crippen LogP contribution in [0.2, 0.25) is 0 Å². The molecule has 1 atom stereocenters. The number of primary sulfonamides is 1. The molecular weight excluding hydrogens is 276 g/mol. The number of sulfonamides is 1. The van der Waals surface area contributed by atoms with Gasteiger partial charge in [0.25, 0.3) is 0 Å². The van der Waals surface area contributed by atoms with Gasteiger partial charge in [0.15, 0.2) is 0 Å². The minimum absolute atomic E-state index is 0.0315. The highest BCUT2D eigenvalue weighted by molar-refractivity contribution is 7.89. The van der Waals surface area contributed by atoms with Crippen molar-refractivity contribution in [2.45, 2.75) is 17.9 Å². The van der Waals surface area contributed by atoms with Crippen LogP contribution in [0.5, 0.6) is 0 Å². The second kappa shape index (κ2) is 5.48. The average Bonchev–Trinajstić information content (AvgIpc) is 2.38. The van der Waals surface area contributed by atoms with Crippen LogP contribution in [0.4, 0.5) is 11.4 Å². The molecule has 6 nitrogen and oxygen atoms in total. The van der Waals surface area contributed by atoms with Crippen LogP contribution in [-0.4, -0.2) is 13.4 Å². The summed E-state index contributed by atoms with van der Waals surface area (Å²) in [5, 5.41) is 8.26. The van der Waals surface area contributed by atoms with Crippen LogP contribution in [0.15, 0.2) is 47.5 Å². The number of nitrogens with one attached hydrogen (secondary N) is 1. The van der Waals surface area contributed by atoms with Gasteiger partial charge in [-0.25, -0.2) is 13.6 Å². The normalized spacial score (nSPS) is 12.9. The number of nitrogen functional groups attached to an aromatic ring is 1. The van der Waals surface area contributed by atoms with E-state index in [-0.39, 0.29) is 16.6 Å². The first-order valence-corrected chi connectivity index (χ1v) is 7.52. The Balaban J connectivity index is 2.21. The quantitative estimate of drug-likeness (QED) is 0.739. The molecule has 0 aliphatic heterocycles. The first-order valence-electron chi connectivity index (χ1n) is 5.98. The van der Waals surface area contributed by atoms with E-state index in [0.29, 0.717) is 5.69 Å². The largest absolute Gasteiger partial charge is 0.398 e. The summed E-state index contributed by atoms with van der Waals surface area (Å²) >= 11 is 0. The molecule has 1 aromatic carbocycles. The van der Waals surface area contributed by atoms with Gasteiger partial charge in [-0.1, -0.05) is 6.07 Å². The van der Waals surface area contributed by atoms with Crippen LogP contribution in [0.1, 0.15) is 18.7 Å². The predicted octanol–water partition coefficient (Wildman–Crippen LogP) is 1.48. The van der Waals surface area contributed by atoms with E-state index in [4.69, 9.17) is 10.9 Å². The first-order chi connectivity index (χ1) is 9.38. The Hall–Kier alpha value is -2.12. The Kier molecular flexibility index (Phi) is 3.91. The summed E-state index contributed by atoms with van der Waals surface area (Å²) in [5.41, 5.74) is 7.40. The zero-order valence-electron chi connectivity index (χ0n) is 10.9. The van der Waals surface area contributed by atoms with Gasteiger partial charge in [-0.15, -0.1) is 0 Å². The number of benzene rings is 1. The lowest BCUT2D eigenvalue weighted by molar-refractivity contribution is 0.598. The second-order valence-corrected chi connectivity index (χ2v) is 5.95. The van der Waals surface area contributed by atoms with Crippen molar-refractivity contribution in [2.75, 3.05) is 11.1 Å². The molecule has 1 heterocycles. The SMILES string of the molecule is CC(Nc1ccc(S(N)(=O)=O)c(N)c1)c1ccccn1. The number of anilines is 2. The lowest BCUT2D eigenvalue weighted by Gasteiger charge is -2.15. The summed E-state index contributed by atoms with van der Waals surface area (Å²) in [7, 11) is -3.80. The van der Waals surface area contributed by atoms with Gasteiger partial charge in [0.05, 0.1) is 17.4 Å². The predicted molar refractivity (Wildman–Crippen MR) is 78.5 cm³/mol. The van der Waals surface area contributed by atoms with Crippen LogP contribution in [0, 0.1) is 0 Å². The van der Waals surface area contributed by atoms with Gasteiger partial charge < -0.3 is 11.1 Å². The molecule has 20 heavy (non-hydrogen) atoms. The zero-order valence-corrected chi connectivity index (χ0v) is 11.8. The lowest BCUT2D eigenvalue weighted by atomic mass is 10.2. The fraction of sp³-hybridized carbons (Fsp3) is 0.154. The average molecular weight is 292 g/mol. The van der Waals surface area contributed by atoms with E-state index < -0.39 is 10.0 Å². The molecule has 0 fully saturated rings. The molecule has 0 saturated carbocycles. The van der Waals surface area contributed by atoms with E-state index in [1.54, 1.807) is 18.3 Å². The number of pyridine rings is 1. The molecule has 0 amide bonds. The summed E-state index contributed by atoms with van der Waals surface area (Å²) in [4.78, 5) is 4.17. The zero-order chi connectivity index (χ0) is 14.8. The highest BCUT2D eigenvalue weighted by Gasteiger charge is 2.13. The highest BCUT2D eigenvalue weighted by Crippen LogP contribution is 2.24. The van der Waals surface area contributed by atoms with E-state index in [9.17, 15) is 8.42 Å². The van der Waals surface area contributed by atoms with Crippen molar-refractivity contribution < 1.29 is 8.42 Å². The number of hydrogen-bond acceptors (Lipinski definition) is 5. The standard InChI is InChI=1S/C13H16N4O2S/c1-9(12-4-2-3-7-16-12)17-10-5-6-13(11(14)8-10)20(15,18)19/h2-9,17H,14H2,1H3,(H2,15,18,19). The summed E-state index contributed by atoms with van der Waals surface area (Å²) in [6.07, 6.45) is 1.71. The molecule has 2 rings (SSSR count). The molecule has 0 radical (unpaired) electrons. The van der Waals surface area contributed by atoms with Crippen molar-refractivity contribution in [3.05, 3.63) is 48.3 Å². The smallest absolute Gasteiger partial charge is 0.240 e. The summed E-state index contributed by atoms with van der Waals surface area (Å²) in [6.45, 7) is 1.95. The minimum Gasteiger partial charge on any atom is -0.398 e. The van der Waals surface area contributed by atoms with Crippen molar-refractivity contribution in [2.24, 2.45) is 5.14 Å². The molecule has 1 unspecified atom stereocenters. The van der Waals surface area contributed by atoms with Crippen LogP contribution in [-0.2, 0) is 10.0 Å². The fourth-order valence-electron chi connectivity index (χ4n) is 1.85. The van der Waals surface area contributed by atoms with Crippen LogP contribution in [0.25, 0.3) is 0 Å². The molecule has 1 aromatic heterocycles. The topological polar surface area (TPSA) is 111 Å². The third kappa shape index (κ3) is 3.25. The molecule has 106 valence electrons. The second-order valence-electron chi connectivity index (χ2n) is 4.42. The molecule has 0 saturated heterocycles. The maximum absolute atomic E-state index is 11.3. The van der Waals surface area contributed by atoms with E-state index in [1.165, 1.54) is 6.07 Å². The highest BCUT2D eigenvalue weighted by atomic mass is 32.2. The monoisotopic (exact) mass is 292 g/mol. The van der Waals surface area contributed by atoms with Crippen molar-refractivity contribution >= 4 is 21.4 Å². The summed E-state index contributed by atoms with van der Waals surface area (Å²) < 4.78 is 22.6. The van der Waals surface area contributed by atoms with Crippen LogP contribution >= 0.6 is 0 Å². The van der Waals surface area contributed by atoms with Gasteiger partial charge in [-0.3, -0.25) is 4.98 Å². The summed E-state index contributed by atoms with van der Waals surface area (Å²) in [5.74, 6) is 0. The minimum atomic E-state index is -3.80. The van der Waals surface area contributed by atoms with Crippen molar-refractivity contribution in [1.29, 1.82) is 0 Å². The van der Waals surface area contributed by atoms with E-state index >= 15 is 0 Å². The van der Waals surface area contributed by atoms with Crippen molar-refractivity contribution in [1.82, 2.24) is 4.98 Å². The van der Waals surface area contributed by atoms with Gasteiger partial charge in [0, 0.05) is 11.9 Å². The summed E-state index contributed by atoms with van der Waals surface area (Å²) in [6, 6.07) is 10.2. The first kappa shape index (κ1) is 14.3. The third-order valence-electron chi connectivity index (χ3n) is 2.83. The molecular formula is C13H16N4O2S. The van der Waals surface area contributed by atoms with E-state index in [2.05, 4.69) is 10.3 Å². The van der Waals surface area contributed by atoms with Crippen molar-refractivity contribution in [3.63, 3.8) is 0 Å². The third-order valence-corrected chi connectivity index (χ3v) is 3.82. The Labute approximate surface area is 117 Å². The Bertz CT molecular complexity index is 702. The molecule has 2 aromatic rings. The Morgan fingerprint density at radius 3 is 2.55 bits per heavy atom. The number of hydrogen-bond donors (Lipinski definition) is 3.